The van der Waals surface area contributed by atoms with Crippen LogP contribution >= 0.6 is 0 Å². The summed E-state index contributed by atoms with van der Waals surface area (Å²) in [6.45, 7) is 3.68. The van der Waals surface area contributed by atoms with Gasteiger partial charge >= 0.3 is 6.03 Å². The molecule has 0 aliphatic heterocycles. The number of aryl methyl sites for hydroxylation is 1. The Labute approximate surface area is 190 Å². The molecule has 4 aromatic rings. The number of aromatic nitrogens is 4. The number of aromatic amines is 1. The number of urea groups is 1. The van der Waals surface area contributed by atoms with Gasteiger partial charge in [-0.3, -0.25) is 15.1 Å². The summed E-state index contributed by atoms with van der Waals surface area (Å²) in [6.07, 6.45) is 0.565. The summed E-state index contributed by atoms with van der Waals surface area (Å²) in [5.41, 5.74) is 2.97. The molecule has 0 radical (unpaired) electrons. The van der Waals surface area contributed by atoms with Crippen LogP contribution < -0.4 is 20.9 Å². The molecule has 0 atom stereocenters. The summed E-state index contributed by atoms with van der Waals surface area (Å²) in [5.74, 6) is 1.08. The number of methoxy groups -OCH3 is 1. The third-order valence-corrected chi connectivity index (χ3v) is 5.14. The molecule has 0 saturated heterocycles. The van der Waals surface area contributed by atoms with E-state index in [1.807, 2.05) is 43.3 Å². The van der Waals surface area contributed by atoms with Gasteiger partial charge in [-0.1, -0.05) is 49.4 Å². The van der Waals surface area contributed by atoms with Crippen LogP contribution in [0.2, 0.25) is 0 Å². The van der Waals surface area contributed by atoms with Crippen LogP contribution in [-0.4, -0.2) is 32.9 Å². The quantitative estimate of drug-likeness (QED) is 0.413. The van der Waals surface area contributed by atoms with Gasteiger partial charge in [-0.05, 0) is 25.5 Å². The number of benzene rings is 2. The zero-order valence-corrected chi connectivity index (χ0v) is 18.5. The van der Waals surface area contributed by atoms with Crippen molar-refractivity contribution in [2.24, 2.45) is 0 Å². The van der Waals surface area contributed by atoms with Crippen molar-refractivity contribution in [1.82, 2.24) is 19.7 Å². The fraction of sp³-hybridized carbons (Fsp3) is 0.167. The Kier molecular flexibility index (Phi) is 6.21. The zero-order chi connectivity index (χ0) is 23.4. The third kappa shape index (κ3) is 4.62. The SMILES string of the molecule is CCc1c(C)nc(-n2nc(-c3ccccc3)cc2NC(=O)Nc2ccccc2OC)[nH]c1=O. The van der Waals surface area contributed by atoms with Crippen molar-refractivity contribution >= 4 is 17.5 Å². The van der Waals surface area contributed by atoms with Gasteiger partial charge in [0.25, 0.3) is 5.56 Å². The largest absolute Gasteiger partial charge is 0.495 e. The number of carbonyl (C=O) groups excluding carboxylic acids is 1. The van der Waals surface area contributed by atoms with Gasteiger partial charge in [-0.25, -0.2) is 9.78 Å². The molecule has 3 N–H and O–H groups in total. The van der Waals surface area contributed by atoms with Crippen molar-refractivity contribution in [2.45, 2.75) is 20.3 Å². The zero-order valence-electron chi connectivity index (χ0n) is 18.5. The first-order valence-corrected chi connectivity index (χ1v) is 10.5. The average molecular weight is 444 g/mol. The molecule has 0 saturated carbocycles. The van der Waals surface area contributed by atoms with E-state index in [0.29, 0.717) is 40.6 Å². The van der Waals surface area contributed by atoms with E-state index in [1.54, 1.807) is 31.2 Å². The summed E-state index contributed by atoms with van der Waals surface area (Å²) in [7, 11) is 1.53. The van der Waals surface area contributed by atoms with Crippen LogP contribution in [0.4, 0.5) is 16.3 Å². The number of para-hydroxylation sites is 2. The molecule has 9 nitrogen and oxygen atoms in total. The van der Waals surface area contributed by atoms with E-state index < -0.39 is 6.03 Å². The van der Waals surface area contributed by atoms with Crippen molar-refractivity contribution in [2.75, 3.05) is 17.7 Å². The Morgan fingerprint density at radius 1 is 1.09 bits per heavy atom. The van der Waals surface area contributed by atoms with E-state index >= 15 is 0 Å². The molecular weight excluding hydrogens is 420 g/mol. The lowest BCUT2D eigenvalue weighted by Gasteiger charge is -2.12. The fourth-order valence-electron chi connectivity index (χ4n) is 3.51. The highest BCUT2D eigenvalue weighted by molar-refractivity contribution is 6.00. The van der Waals surface area contributed by atoms with Gasteiger partial charge in [-0.15, -0.1) is 0 Å². The second-order valence-corrected chi connectivity index (χ2v) is 7.28. The van der Waals surface area contributed by atoms with Gasteiger partial charge in [-0.2, -0.15) is 9.78 Å². The highest BCUT2D eigenvalue weighted by atomic mass is 16.5. The van der Waals surface area contributed by atoms with Gasteiger partial charge in [0, 0.05) is 22.9 Å². The van der Waals surface area contributed by atoms with Crippen molar-refractivity contribution in [3.63, 3.8) is 0 Å². The Hall–Kier alpha value is -4.40. The van der Waals surface area contributed by atoms with Crippen LogP contribution in [0.5, 0.6) is 5.75 Å². The molecule has 0 unspecified atom stereocenters. The maximum Gasteiger partial charge on any atom is 0.324 e. The molecule has 2 heterocycles. The molecule has 2 aromatic carbocycles. The van der Waals surface area contributed by atoms with Gasteiger partial charge in [0.15, 0.2) is 0 Å². The molecule has 2 aromatic heterocycles. The maximum absolute atomic E-state index is 12.8. The van der Waals surface area contributed by atoms with E-state index in [9.17, 15) is 9.59 Å². The lowest BCUT2D eigenvalue weighted by atomic mass is 10.2. The number of rotatable bonds is 6. The summed E-state index contributed by atoms with van der Waals surface area (Å²) in [4.78, 5) is 32.6. The first-order chi connectivity index (χ1) is 16.0. The number of nitrogens with one attached hydrogen (secondary N) is 3. The van der Waals surface area contributed by atoms with Crippen LogP contribution in [0.3, 0.4) is 0 Å². The number of anilines is 2. The molecule has 0 aliphatic carbocycles. The summed E-state index contributed by atoms with van der Waals surface area (Å²) < 4.78 is 6.70. The summed E-state index contributed by atoms with van der Waals surface area (Å²) in [6, 6.07) is 17.8. The lowest BCUT2D eigenvalue weighted by Crippen LogP contribution is -2.24. The van der Waals surface area contributed by atoms with Crippen molar-refractivity contribution in [3.05, 3.63) is 82.3 Å². The predicted molar refractivity (Wildman–Crippen MR) is 127 cm³/mol. The lowest BCUT2D eigenvalue weighted by molar-refractivity contribution is 0.262. The first-order valence-electron chi connectivity index (χ1n) is 10.5. The van der Waals surface area contributed by atoms with Gasteiger partial charge in [0.1, 0.15) is 11.6 Å². The number of nitrogens with zero attached hydrogens (tertiary/aromatic N) is 3. The number of amides is 2. The minimum atomic E-state index is -0.496. The Morgan fingerprint density at radius 2 is 1.82 bits per heavy atom. The molecule has 4 rings (SSSR count). The molecule has 9 heteroatoms. The van der Waals surface area contributed by atoms with Crippen LogP contribution in [-0.2, 0) is 6.42 Å². The molecular formula is C24H24N6O3. The van der Waals surface area contributed by atoms with Crippen LogP contribution in [0.1, 0.15) is 18.2 Å². The molecule has 168 valence electrons. The normalized spacial score (nSPS) is 10.6. The highest BCUT2D eigenvalue weighted by Gasteiger charge is 2.17. The van der Waals surface area contributed by atoms with Crippen LogP contribution in [0.15, 0.2) is 65.5 Å². The Bertz CT molecular complexity index is 1340. The van der Waals surface area contributed by atoms with Gasteiger partial charge in [0.2, 0.25) is 5.95 Å². The van der Waals surface area contributed by atoms with Gasteiger partial charge in [0.05, 0.1) is 18.5 Å². The molecule has 2 amide bonds. The molecule has 0 fully saturated rings. The number of carbonyl (C=O) groups is 1. The highest BCUT2D eigenvalue weighted by Crippen LogP contribution is 2.25. The number of hydrogen-bond acceptors (Lipinski definition) is 5. The van der Waals surface area contributed by atoms with Crippen molar-refractivity contribution < 1.29 is 9.53 Å². The Morgan fingerprint density at radius 3 is 2.52 bits per heavy atom. The second kappa shape index (κ2) is 9.39. The van der Waals surface area contributed by atoms with E-state index in [0.717, 1.165) is 5.56 Å². The minimum Gasteiger partial charge on any atom is -0.495 e. The fourth-order valence-corrected chi connectivity index (χ4v) is 3.51. The van der Waals surface area contributed by atoms with E-state index in [2.05, 4.69) is 25.7 Å². The maximum atomic E-state index is 12.8. The standard InChI is InChI=1S/C24H24N6O3/c1-4-17-15(2)25-23(28-22(17)31)30-21(14-19(29-30)16-10-6-5-7-11-16)27-24(32)26-18-12-8-9-13-20(18)33-3/h5-14H,4H2,1-3H3,(H,25,28,31)(H2,26,27,32). The topological polar surface area (TPSA) is 114 Å². The minimum absolute atomic E-state index is 0.212. The van der Waals surface area contributed by atoms with E-state index in [1.165, 1.54) is 11.8 Å². The average Bonchev–Trinajstić information content (AvgIpc) is 3.23. The van der Waals surface area contributed by atoms with E-state index in [-0.39, 0.29) is 11.5 Å². The number of H-pyrrole nitrogens is 1. The molecule has 0 bridgehead atoms. The number of hydrogen-bond donors (Lipinski definition) is 3. The summed E-state index contributed by atoms with van der Waals surface area (Å²) >= 11 is 0. The molecule has 0 aliphatic rings. The van der Waals surface area contributed by atoms with Crippen molar-refractivity contribution in [3.8, 4) is 23.0 Å². The van der Waals surface area contributed by atoms with E-state index in [4.69, 9.17) is 4.74 Å². The second-order valence-electron chi connectivity index (χ2n) is 7.28. The first kappa shape index (κ1) is 21.8. The van der Waals surface area contributed by atoms with Crippen LogP contribution in [0.25, 0.3) is 17.2 Å². The smallest absolute Gasteiger partial charge is 0.324 e. The molecule has 0 spiro atoms. The number of ether oxygens (including phenoxy) is 1. The molecule has 33 heavy (non-hydrogen) atoms. The van der Waals surface area contributed by atoms with Crippen LogP contribution in [0, 0.1) is 6.92 Å². The summed E-state index contributed by atoms with van der Waals surface area (Å²) in [5, 5.41) is 10.2. The monoisotopic (exact) mass is 444 g/mol. The Balaban J connectivity index is 1.73. The predicted octanol–water partition coefficient (Wildman–Crippen LogP) is 4.15. The third-order valence-electron chi connectivity index (χ3n) is 5.14. The van der Waals surface area contributed by atoms with Gasteiger partial charge < -0.3 is 10.1 Å². The van der Waals surface area contributed by atoms with Crippen molar-refractivity contribution in [1.29, 1.82) is 0 Å².